The van der Waals surface area contributed by atoms with Crippen molar-refractivity contribution in [2.24, 2.45) is 0 Å². The van der Waals surface area contributed by atoms with Gasteiger partial charge in [-0.2, -0.15) is 0 Å². The molecule has 0 fully saturated rings. The summed E-state index contributed by atoms with van der Waals surface area (Å²) in [4.78, 5) is 30.2. The van der Waals surface area contributed by atoms with Gasteiger partial charge in [-0.3, -0.25) is 14.2 Å². The molecule has 0 aliphatic heterocycles. The van der Waals surface area contributed by atoms with E-state index in [1.54, 1.807) is 48.9 Å². The second kappa shape index (κ2) is 8.48. The molecule has 0 bridgehead atoms. The van der Waals surface area contributed by atoms with Crippen molar-refractivity contribution in [3.8, 4) is 5.75 Å². The molecule has 1 N–H and O–H groups in total. The molecule has 1 heterocycles. The maximum absolute atomic E-state index is 12.9. The van der Waals surface area contributed by atoms with E-state index in [4.69, 9.17) is 4.74 Å². The van der Waals surface area contributed by atoms with Crippen molar-refractivity contribution in [3.63, 3.8) is 0 Å². The van der Waals surface area contributed by atoms with Crippen LogP contribution >= 0.6 is 11.8 Å². The standard InChI is InChI=1S/C21H23N3O3S/c1-13(2)24-20(26)17-7-5-6-8-18(17)23-21(24)28-14(3)19(25)22-15-9-11-16(27-4)12-10-15/h5-14H,1-4H3,(H,22,25)/t14-/m0/s1. The zero-order chi connectivity index (χ0) is 20.3. The Kier molecular flexibility index (Phi) is 6.04. The molecule has 0 spiro atoms. The minimum Gasteiger partial charge on any atom is -0.497 e. The molecule has 1 aromatic heterocycles. The fourth-order valence-corrected chi connectivity index (χ4v) is 3.83. The first-order chi connectivity index (χ1) is 13.4. The lowest BCUT2D eigenvalue weighted by Gasteiger charge is -2.18. The highest BCUT2D eigenvalue weighted by molar-refractivity contribution is 8.00. The minimum absolute atomic E-state index is 0.0658. The van der Waals surface area contributed by atoms with Gasteiger partial charge < -0.3 is 10.1 Å². The van der Waals surface area contributed by atoms with E-state index in [0.29, 0.717) is 21.7 Å². The summed E-state index contributed by atoms with van der Waals surface area (Å²) in [5.74, 6) is 0.564. The second-order valence-electron chi connectivity index (χ2n) is 6.66. The number of benzene rings is 2. The molecule has 0 radical (unpaired) electrons. The summed E-state index contributed by atoms with van der Waals surface area (Å²) in [6.45, 7) is 5.67. The number of rotatable bonds is 6. The van der Waals surface area contributed by atoms with Crippen molar-refractivity contribution < 1.29 is 9.53 Å². The second-order valence-corrected chi connectivity index (χ2v) is 7.97. The number of carbonyl (C=O) groups excluding carboxylic acids is 1. The van der Waals surface area contributed by atoms with Crippen LogP contribution in [0, 0.1) is 0 Å². The van der Waals surface area contributed by atoms with E-state index in [2.05, 4.69) is 10.3 Å². The number of para-hydroxylation sites is 1. The summed E-state index contributed by atoms with van der Waals surface area (Å²) in [6, 6.07) is 14.3. The van der Waals surface area contributed by atoms with Crippen molar-refractivity contribution in [1.82, 2.24) is 9.55 Å². The van der Waals surface area contributed by atoms with Gasteiger partial charge in [0.25, 0.3) is 5.56 Å². The molecule has 7 heteroatoms. The van der Waals surface area contributed by atoms with E-state index in [9.17, 15) is 9.59 Å². The van der Waals surface area contributed by atoms with Gasteiger partial charge in [-0.15, -0.1) is 0 Å². The molecular formula is C21H23N3O3S. The number of anilines is 1. The molecule has 0 aliphatic rings. The minimum atomic E-state index is -0.430. The molecule has 0 unspecified atom stereocenters. The van der Waals surface area contributed by atoms with E-state index in [0.717, 1.165) is 5.75 Å². The third kappa shape index (κ3) is 4.20. The van der Waals surface area contributed by atoms with Crippen LogP contribution in [-0.2, 0) is 4.79 Å². The maximum Gasteiger partial charge on any atom is 0.262 e. The molecule has 1 atom stereocenters. The first-order valence-corrected chi connectivity index (χ1v) is 9.91. The van der Waals surface area contributed by atoms with Crippen LogP contribution in [0.15, 0.2) is 58.5 Å². The number of nitrogens with zero attached hydrogens (tertiary/aromatic N) is 2. The van der Waals surface area contributed by atoms with E-state index in [1.807, 2.05) is 32.0 Å². The third-order valence-corrected chi connectivity index (χ3v) is 5.37. The number of aromatic nitrogens is 2. The zero-order valence-electron chi connectivity index (χ0n) is 16.3. The number of carbonyl (C=O) groups is 1. The first-order valence-electron chi connectivity index (χ1n) is 9.03. The van der Waals surface area contributed by atoms with Gasteiger partial charge >= 0.3 is 0 Å². The molecule has 1 amide bonds. The van der Waals surface area contributed by atoms with Crippen LogP contribution in [0.4, 0.5) is 5.69 Å². The number of nitrogens with one attached hydrogen (secondary N) is 1. The van der Waals surface area contributed by atoms with Crippen molar-refractivity contribution in [2.45, 2.75) is 37.2 Å². The van der Waals surface area contributed by atoms with Crippen LogP contribution in [0.1, 0.15) is 26.8 Å². The summed E-state index contributed by atoms with van der Waals surface area (Å²) in [5.41, 5.74) is 1.23. The Labute approximate surface area is 167 Å². The Morgan fingerprint density at radius 3 is 2.43 bits per heavy atom. The van der Waals surface area contributed by atoms with Crippen LogP contribution in [0.25, 0.3) is 10.9 Å². The molecule has 0 aliphatic carbocycles. The smallest absolute Gasteiger partial charge is 0.262 e. The highest BCUT2D eigenvalue weighted by Gasteiger charge is 2.20. The van der Waals surface area contributed by atoms with Crippen LogP contribution < -0.4 is 15.6 Å². The molecule has 28 heavy (non-hydrogen) atoms. The Bertz CT molecular complexity index is 1040. The Morgan fingerprint density at radius 2 is 1.79 bits per heavy atom. The number of fused-ring (bicyclic) bond motifs is 1. The topological polar surface area (TPSA) is 73.2 Å². The molecule has 3 rings (SSSR count). The van der Waals surface area contributed by atoms with Gasteiger partial charge in [0, 0.05) is 11.7 Å². The predicted octanol–water partition coefficient (Wildman–Crippen LogP) is 4.11. The van der Waals surface area contributed by atoms with Gasteiger partial charge in [-0.05, 0) is 57.2 Å². The van der Waals surface area contributed by atoms with Crippen LogP contribution in [0.2, 0.25) is 0 Å². The number of thioether (sulfide) groups is 1. The van der Waals surface area contributed by atoms with Crippen molar-refractivity contribution >= 4 is 34.3 Å². The normalized spacial score (nSPS) is 12.2. The van der Waals surface area contributed by atoms with Crippen LogP contribution in [0.5, 0.6) is 5.75 Å². The monoisotopic (exact) mass is 397 g/mol. The van der Waals surface area contributed by atoms with Gasteiger partial charge in [0.1, 0.15) is 5.75 Å². The molecular weight excluding hydrogens is 374 g/mol. The Hall–Kier alpha value is -2.80. The Balaban J connectivity index is 1.85. The van der Waals surface area contributed by atoms with Crippen molar-refractivity contribution in [2.75, 3.05) is 12.4 Å². The lowest BCUT2D eigenvalue weighted by atomic mass is 10.2. The van der Waals surface area contributed by atoms with Gasteiger partial charge in [0.05, 0.1) is 23.3 Å². The van der Waals surface area contributed by atoms with Crippen molar-refractivity contribution in [1.29, 1.82) is 0 Å². The number of amides is 1. The summed E-state index contributed by atoms with van der Waals surface area (Å²) >= 11 is 1.28. The predicted molar refractivity (Wildman–Crippen MR) is 113 cm³/mol. The third-order valence-electron chi connectivity index (χ3n) is 4.30. The van der Waals surface area contributed by atoms with Crippen molar-refractivity contribution in [3.05, 3.63) is 58.9 Å². The lowest BCUT2D eigenvalue weighted by molar-refractivity contribution is -0.115. The largest absolute Gasteiger partial charge is 0.497 e. The molecule has 0 saturated heterocycles. The maximum atomic E-state index is 12.9. The molecule has 2 aromatic carbocycles. The van der Waals surface area contributed by atoms with E-state index in [1.165, 1.54) is 11.8 Å². The summed E-state index contributed by atoms with van der Waals surface area (Å²) in [7, 11) is 1.59. The average Bonchev–Trinajstić information content (AvgIpc) is 2.68. The van der Waals surface area contributed by atoms with Crippen LogP contribution in [-0.4, -0.2) is 27.8 Å². The quantitative estimate of drug-likeness (QED) is 0.501. The molecule has 146 valence electrons. The van der Waals surface area contributed by atoms with E-state index < -0.39 is 5.25 Å². The SMILES string of the molecule is COc1ccc(NC(=O)[C@H](C)Sc2nc3ccccc3c(=O)n2C(C)C)cc1. The Morgan fingerprint density at radius 1 is 1.11 bits per heavy atom. The zero-order valence-corrected chi connectivity index (χ0v) is 17.1. The highest BCUT2D eigenvalue weighted by Crippen LogP contribution is 2.26. The van der Waals surface area contributed by atoms with Gasteiger partial charge in [-0.25, -0.2) is 4.98 Å². The van der Waals surface area contributed by atoms with Gasteiger partial charge in [0.15, 0.2) is 5.16 Å². The number of hydrogen-bond donors (Lipinski definition) is 1. The van der Waals surface area contributed by atoms with Gasteiger partial charge in [0.2, 0.25) is 5.91 Å². The van der Waals surface area contributed by atoms with Crippen LogP contribution in [0.3, 0.4) is 0 Å². The fourth-order valence-electron chi connectivity index (χ4n) is 2.79. The molecule has 3 aromatic rings. The highest BCUT2D eigenvalue weighted by atomic mass is 32.2. The summed E-state index contributed by atoms with van der Waals surface area (Å²) in [5, 5.41) is 3.57. The molecule has 6 nitrogen and oxygen atoms in total. The van der Waals surface area contributed by atoms with Gasteiger partial charge in [-0.1, -0.05) is 23.9 Å². The first kappa shape index (κ1) is 19.9. The number of ether oxygens (including phenoxy) is 1. The fraction of sp³-hybridized carbons (Fsp3) is 0.286. The van der Waals surface area contributed by atoms with E-state index in [-0.39, 0.29) is 17.5 Å². The lowest BCUT2D eigenvalue weighted by Crippen LogP contribution is -2.28. The average molecular weight is 398 g/mol. The van der Waals surface area contributed by atoms with E-state index >= 15 is 0 Å². The summed E-state index contributed by atoms with van der Waals surface area (Å²) < 4.78 is 6.77. The number of methoxy groups -OCH3 is 1. The number of hydrogen-bond acceptors (Lipinski definition) is 5. The summed E-state index contributed by atoms with van der Waals surface area (Å²) in [6.07, 6.45) is 0. The molecule has 0 saturated carbocycles.